The lowest BCUT2D eigenvalue weighted by molar-refractivity contribution is -0.117. The van der Waals surface area contributed by atoms with Gasteiger partial charge in [0.25, 0.3) is 0 Å². The molecule has 2 aromatic carbocycles. The summed E-state index contributed by atoms with van der Waals surface area (Å²) >= 11 is 0. The Morgan fingerprint density at radius 2 is 1.83 bits per heavy atom. The highest BCUT2D eigenvalue weighted by Gasteiger charge is 2.31. The van der Waals surface area contributed by atoms with E-state index in [-0.39, 0.29) is 23.4 Å². The fraction of sp³-hybridized carbons (Fsp3) is 0.364. The van der Waals surface area contributed by atoms with E-state index in [1.165, 1.54) is 20.0 Å². The number of nitrogens with one attached hydrogen (secondary N) is 1. The van der Waals surface area contributed by atoms with Crippen molar-refractivity contribution in [3.8, 4) is 0 Å². The van der Waals surface area contributed by atoms with E-state index in [2.05, 4.69) is 5.32 Å². The molecule has 0 aromatic heterocycles. The lowest BCUT2D eigenvalue weighted by Crippen LogP contribution is -2.35. The predicted octanol–water partition coefficient (Wildman–Crippen LogP) is 2.86. The molecule has 0 unspecified atom stereocenters. The largest absolute Gasteiger partial charge is 0.325 e. The number of carbonyl (C=O) groups is 2. The molecule has 0 radical (unpaired) electrons. The van der Waals surface area contributed by atoms with Crippen molar-refractivity contribution in [3.05, 3.63) is 53.1 Å². The monoisotopic (exact) mass is 429 g/mol. The van der Waals surface area contributed by atoms with Crippen molar-refractivity contribution in [2.75, 3.05) is 23.8 Å². The van der Waals surface area contributed by atoms with Crippen molar-refractivity contribution < 1.29 is 18.0 Å². The van der Waals surface area contributed by atoms with Gasteiger partial charge in [0.1, 0.15) is 0 Å². The highest BCUT2D eigenvalue weighted by Crippen LogP contribution is 2.34. The Morgan fingerprint density at radius 3 is 2.47 bits per heavy atom. The molecule has 0 bridgehead atoms. The van der Waals surface area contributed by atoms with Gasteiger partial charge in [-0.1, -0.05) is 6.07 Å². The maximum Gasteiger partial charge on any atom is 0.243 e. The summed E-state index contributed by atoms with van der Waals surface area (Å²) in [7, 11) is -2.47. The first kappa shape index (κ1) is 22.0. The number of rotatable bonds is 5. The Bertz CT molecular complexity index is 1110. The second kappa shape index (κ2) is 8.20. The molecule has 0 aliphatic carbocycles. The van der Waals surface area contributed by atoms with Gasteiger partial charge in [-0.2, -0.15) is 4.31 Å². The number of benzene rings is 2. The summed E-state index contributed by atoms with van der Waals surface area (Å²) in [5.74, 6) is -0.487. The van der Waals surface area contributed by atoms with Crippen LogP contribution in [-0.4, -0.2) is 44.2 Å². The molecule has 1 aliphatic heterocycles. The van der Waals surface area contributed by atoms with Gasteiger partial charge in [0.2, 0.25) is 21.8 Å². The third-order valence-corrected chi connectivity index (χ3v) is 7.27. The maximum atomic E-state index is 13.0. The van der Waals surface area contributed by atoms with Crippen LogP contribution in [0.4, 0.5) is 11.4 Å². The Labute approximate surface area is 177 Å². The van der Waals surface area contributed by atoms with E-state index in [4.69, 9.17) is 0 Å². The molecule has 1 N–H and O–H groups in total. The molecule has 1 aliphatic rings. The van der Waals surface area contributed by atoms with Crippen molar-refractivity contribution >= 4 is 33.2 Å². The molecule has 0 spiro atoms. The van der Waals surface area contributed by atoms with Gasteiger partial charge in [-0.05, 0) is 74.2 Å². The van der Waals surface area contributed by atoms with E-state index >= 15 is 0 Å². The first-order valence-corrected chi connectivity index (χ1v) is 11.2. The predicted molar refractivity (Wildman–Crippen MR) is 117 cm³/mol. The molecule has 7 nitrogen and oxygen atoms in total. The summed E-state index contributed by atoms with van der Waals surface area (Å²) in [4.78, 5) is 26.0. The van der Waals surface area contributed by atoms with Gasteiger partial charge in [-0.3, -0.25) is 9.59 Å². The van der Waals surface area contributed by atoms with E-state index in [1.54, 1.807) is 23.1 Å². The van der Waals surface area contributed by atoms with E-state index in [9.17, 15) is 18.0 Å². The SMILES string of the molecule is CC(=O)N1c2ccc(S(=O)(=O)N(C)CC(=O)Nc3ccc(C)c(C)c3)cc2C[C@H]1C. The minimum Gasteiger partial charge on any atom is -0.325 e. The molecule has 160 valence electrons. The van der Waals surface area contributed by atoms with E-state index in [0.717, 1.165) is 26.7 Å². The van der Waals surface area contributed by atoms with Gasteiger partial charge in [0.05, 0.1) is 11.4 Å². The summed E-state index contributed by atoms with van der Waals surface area (Å²) in [6.07, 6.45) is 0.593. The normalized spacial score (nSPS) is 15.9. The first-order valence-electron chi connectivity index (χ1n) is 9.77. The van der Waals surface area contributed by atoms with Crippen LogP contribution in [0, 0.1) is 13.8 Å². The number of anilines is 2. The summed E-state index contributed by atoms with van der Waals surface area (Å²) in [5.41, 5.74) is 4.34. The average molecular weight is 430 g/mol. The molecule has 1 heterocycles. The van der Waals surface area contributed by atoms with Crippen LogP contribution in [0.5, 0.6) is 0 Å². The van der Waals surface area contributed by atoms with Crippen LogP contribution in [-0.2, 0) is 26.0 Å². The number of hydrogen-bond donors (Lipinski definition) is 1. The minimum atomic E-state index is -3.85. The van der Waals surface area contributed by atoms with Crippen molar-refractivity contribution in [3.63, 3.8) is 0 Å². The molecule has 1 atom stereocenters. The minimum absolute atomic E-state index is 0.0167. The average Bonchev–Trinajstić information content (AvgIpc) is 2.99. The van der Waals surface area contributed by atoms with Crippen LogP contribution in [0.3, 0.4) is 0 Å². The summed E-state index contributed by atoms with van der Waals surface area (Å²) < 4.78 is 27.0. The number of amides is 2. The van der Waals surface area contributed by atoms with Crippen LogP contribution >= 0.6 is 0 Å². The molecule has 8 heteroatoms. The van der Waals surface area contributed by atoms with Gasteiger partial charge < -0.3 is 10.2 Å². The second-order valence-corrected chi connectivity index (χ2v) is 9.89. The Balaban J connectivity index is 1.75. The quantitative estimate of drug-likeness (QED) is 0.792. The molecular weight excluding hydrogens is 402 g/mol. The van der Waals surface area contributed by atoms with Gasteiger partial charge in [-0.15, -0.1) is 0 Å². The molecular formula is C22H27N3O4S. The highest BCUT2D eigenvalue weighted by molar-refractivity contribution is 7.89. The van der Waals surface area contributed by atoms with Gasteiger partial charge in [-0.25, -0.2) is 8.42 Å². The van der Waals surface area contributed by atoms with E-state index in [0.29, 0.717) is 12.1 Å². The second-order valence-electron chi connectivity index (χ2n) is 7.84. The first-order chi connectivity index (χ1) is 14.0. The lowest BCUT2D eigenvalue weighted by Gasteiger charge is -2.21. The summed E-state index contributed by atoms with van der Waals surface area (Å²) in [6.45, 7) is 7.05. The standard InChI is InChI=1S/C22H27N3O4S/c1-14-6-7-19(10-15(14)2)23-22(27)13-24(5)30(28,29)20-8-9-21-18(12-20)11-16(3)25(21)17(4)26/h6-10,12,16H,11,13H2,1-5H3,(H,23,27)/t16-/m1/s1. The third kappa shape index (κ3) is 4.24. The van der Waals surface area contributed by atoms with E-state index < -0.39 is 15.9 Å². The number of hydrogen-bond acceptors (Lipinski definition) is 4. The fourth-order valence-corrected chi connectivity index (χ4v) is 4.91. The van der Waals surface area contributed by atoms with Crippen LogP contribution < -0.4 is 10.2 Å². The van der Waals surface area contributed by atoms with Crippen LogP contribution in [0.1, 0.15) is 30.5 Å². The Hall–Kier alpha value is -2.71. The number of carbonyl (C=O) groups excluding carboxylic acids is 2. The molecule has 0 fully saturated rings. The maximum absolute atomic E-state index is 13.0. The number of sulfonamides is 1. The zero-order valence-electron chi connectivity index (χ0n) is 17.9. The molecule has 2 amide bonds. The van der Waals surface area contributed by atoms with Gasteiger partial charge in [0.15, 0.2) is 0 Å². The number of nitrogens with zero attached hydrogens (tertiary/aromatic N) is 2. The summed E-state index contributed by atoms with van der Waals surface area (Å²) in [5, 5.41) is 2.74. The van der Waals surface area contributed by atoms with Crippen molar-refractivity contribution in [2.45, 2.75) is 45.1 Å². The third-order valence-electron chi connectivity index (χ3n) is 5.47. The van der Waals surface area contributed by atoms with Gasteiger partial charge >= 0.3 is 0 Å². The molecule has 0 saturated heterocycles. The lowest BCUT2D eigenvalue weighted by atomic mass is 10.1. The fourth-order valence-electron chi connectivity index (χ4n) is 3.73. The molecule has 3 rings (SSSR count). The molecule has 0 saturated carbocycles. The Kier molecular flexibility index (Phi) is 6.01. The molecule has 2 aromatic rings. The zero-order valence-corrected chi connectivity index (χ0v) is 18.7. The zero-order chi connectivity index (χ0) is 22.2. The molecule has 30 heavy (non-hydrogen) atoms. The van der Waals surface area contributed by atoms with Crippen molar-refractivity contribution in [1.29, 1.82) is 0 Å². The van der Waals surface area contributed by atoms with Crippen LogP contribution in [0.2, 0.25) is 0 Å². The number of aryl methyl sites for hydroxylation is 2. The number of fused-ring (bicyclic) bond motifs is 1. The van der Waals surface area contributed by atoms with Crippen LogP contribution in [0.25, 0.3) is 0 Å². The number of likely N-dealkylation sites (N-methyl/N-ethyl adjacent to an activating group) is 1. The van der Waals surface area contributed by atoms with Crippen LogP contribution in [0.15, 0.2) is 41.3 Å². The van der Waals surface area contributed by atoms with E-state index in [1.807, 2.05) is 32.9 Å². The Morgan fingerprint density at radius 1 is 1.13 bits per heavy atom. The smallest absolute Gasteiger partial charge is 0.243 e. The van der Waals surface area contributed by atoms with Gasteiger partial charge in [0, 0.05) is 31.4 Å². The summed E-state index contributed by atoms with van der Waals surface area (Å²) in [6, 6.07) is 10.3. The highest BCUT2D eigenvalue weighted by atomic mass is 32.2. The van der Waals surface area contributed by atoms with Crippen molar-refractivity contribution in [2.24, 2.45) is 0 Å². The van der Waals surface area contributed by atoms with Crippen molar-refractivity contribution in [1.82, 2.24) is 4.31 Å². The topological polar surface area (TPSA) is 86.8 Å².